The number of ether oxygens (including phenoxy) is 1. The van der Waals surface area contributed by atoms with E-state index in [-0.39, 0.29) is 24.1 Å². The Balaban J connectivity index is 2.18. The lowest BCUT2D eigenvalue weighted by Gasteiger charge is -2.11. The molecule has 0 aliphatic heterocycles. The highest BCUT2D eigenvalue weighted by Gasteiger charge is 2.10. The van der Waals surface area contributed by atoms with Crippen LogP contribution in [0.15, 0.2) is 42.5 Å². The van der Waals surface area contributed by atoms with E-state index in [0.717, 1.165) is 0 Å². The smallest absolute Gasteiger partial charge is 0.165 e. The first-order valence-corrected chi connectivity index (χ1v) is 5.95. The molecule has 0 atom stereocenters. The van der Waals surface area contributed by atoms with Crippen molar-refractivity contribution in [2.24, 2.45) is 0 Å². The first-order valence-electron chi connectivity index (χ1n) is 5.42. The van der Waals surface area contributed by atoms with Gasteiger partial charge in [0.25, 0.3) is 0 Å². The number of alkyl halides is 1. The summed E-state index contributed by atoms with van der Waals surface area (Å²) < 4.78 is 32.3. The first kappa shape index (κ1) is 12.8. The summed E-state index contributed by atoms with van der Waals surface area (Å²) in [6.07, 6.45) is 0. The van der Waals surface area contributed by atoms with Gasteiger partial charge in [-0.15, -0.1) is 11.6 Å². The Bertz CT molecular complexity index is 543. The Hall–Kier alpha value is -1.61. The molecule has 0 aliphatic carbocycles. The zero-order valence-corrected chi connectivity index (χ0v) is 10.3. The van der Waals surface area contributed by atoms with Crippen LogP contribution in [0.5, 0.6) is 5.75 Å². The van der Waals surface area contributed by atoms with Crippen molar-refractivity contribution in [3.05, 3.63) is 65.2 Å². The minimum atomic E-state index is -0.496. The van der Waals surface area contributed by atoms with Gasteiger partial charge in [-0.25, -0.2) is 8.78 Å². The minimum absolute atomic E-state index is 0.0303. The molecule has 0 aliphatic rings. The monoisotopic (exact) mass is 268 g/mol. The van der Waals surface area contributed by atoms with E-state index in [9.17, 15) is 8.78 Å². The lowest BCUT2D eigenvalue weighted by atomic mass is 10.2. The number of hydrogen-bond acceptors (Lipinski definition) is 1. The maximum absolute atomic E-state index is 13.6. The standard InChI is InChI=1S/C14H11ClF2O/c15-8-10-5-3-7-13(17)14(10)18-9-11-4-1-2-6-12(11)16/h1-7H,8-9H2. The fraction of sp³-hybridized carbons (Fsp3) is 0.143. The molecule has 18 heavy (non-hydrogen) atoms. The predicted molar refractivity (Wildman–Crippen MR) is 66.7 cm³/mol. The van der Waals surface area contributed by atoms with Gasteiger partial charge in [0.15, 0.2) is 11.6 Å². The Morgan fingerprint density at radius 3 is 2.28 bits per heavy atom. The lowest BCUT2D eigenvalue weighted by Crippen LogP contribution is -2.02. The van der Waals surface area contributed by atoms with Crippen LogP contribution in [0.4, 0.5) is 8.78 Å². The second-order valence-corrected chi connectivity index (χ2v) is 4.01. The number of para-hydroxylation sites is 1. The van der Waals surface area contributed by atoms with Crippen LogP contribution in [0.1, 0.15) is 11.1 Å². The number of benzene rings is 2. The summed E-state index contributed by atoms with van der Waals surface area (Å²) in [6, 6.07) is 10.7. The molecule has 2 rings (SSSR count). The second kappa shape index (κ2) is 5.83. The van der Waals surface area contributed by atoms with Crippen LogP contribution in [0, 0.1) is 11.6 Å². The maximum Gasteiger partial charge on any atom is 0.165 e. The van der Waals surface area contributed by atoms with Gasteiger partial charge in [-0.3, -0.25) is 0 Å². The average Bonchev–Trinajstić information content (AvgIpc) is 2.39. The molecular formula is C14H11ClF2O. The molecule has 0 fully saturated rings. The van der Waals surface area contributed by atoms with Crippen molar-refractivity contribution in [1.29, 1.82) is 0 Å². The van der Waals surface area contributed by atoms with Gasteiger partial charge in [-0.1, -0.05) is 30.3 Å². The largest absolute Gasteiger partial charge is 0.485 e. The third kappa shape index (κ3) is 2.79. The molecule has 0 spiro atoms. The van der Waals surface area contributed by atoms with Crippen LogP contribution in [0.25, 0.3) is 0 Å². The summed E-state index contributed by atoms with van der Waals surface area (Å²) in [5.41, 5.74) is 0.925. The Kier molecular flexibility index (Phi) is 4.15. The molecule has 0 radical (unpaired) electrons. The second-order valence-electron chi connectivity index (χ2n) is 3.74. The van der Waals surface area contributed by atoms with Crippen LogP contribution < -0.4 is 4.74 Å². The van der Waals surface area contributed by atoms with Crippen LogP contribution in [0.3, 0.4) is 0 Å². The fourth-order valence-corrected chi connectivity index (χ4v) is 1.80. The molecule has 1 nitrogen and oxygen atoms in total. The van der Waals surface area contributed by atoms with Crippen LogP contribution >= 0.6 is 11.6 Å². The van der Waals surface area contributed by atoms with E-state index in [4.69, 9.17) is 16.3 Å². The van der Waals surface area contributed by atoms with Gasteiger partial charge in [0.1, 0.15) is 12.4 Å². The molecule has 0 unspecified atom stereocenters. The van der Waals surface area contributed by atoms with Crippen LogP contribution in [-0.4, -0.2) is 0 Å². The van der Waals surface area contributed by atoms with Gasteiger partial charge in [-0.2, -0.15) is 0 Å². The quantitative estimate of drug-likeness (QED) is 0.752. The molecule has 2 aromatic carbocycles. The molecule has 0 saturated heterocycles. The fourth-order valence-electron chi connectivity index (χ4n) is 1.59. The number of hydrogen-bond donors (Lipinski definition) is 0. The third-order valence-electron chi connectivity index (χ3n) is 2.52. The minimum Gasteiger partial charge on any atom is -0.485 e. The highest BCUT2D eigenvalue weighted by molar-refractivity contribution is 6.17. The van der Waals surface area contributed by atoms with Crippen LogP contribution in [-0.2, 0) is 12.5 Å². The van der Waals surface area contributed by atoms with Crippen molar-refractivity contribution in [3.63, 3.8) is 0 Å². The van der Waals surface area contributed by atoms with Gasteiger partial charge in [0, 0.05) is 11.1 Å². The maximum atomic E-state index is 13.6. The highest BCUT2D eigenvalue weighted by Crippen LogP contribution is 2.25. The summed E-state index contributed by atoms with van der Waals surface area (Å²) in [4.78, 5) is 0. The lowest BCUT2D eigenvalue weighted by molar-refractivity contribution is 0.282. The van der Waals surface area contributed by atoms with Crippen molar-refractivity contribution in [2.45, 2.75) is 12.5 Å². The van der Waals surface area contributed by atoms with E-state index in [2.05, 4.69) is 0 Å². The van der Waals surface area contributed by atoms with E-state index in [1.807, 2.05) is 0 Å². The normalized spacial score (nSPS) is 10.4. The Morgan fingerprint density at radius 2 is 1.56 bits per heavy atom. The number of rotatable bonds is 4. The van der Waals surface area contributed by atoms with E-state index in [1.165, 1.54) is 12.1 Å². The zero-order chi connectivity index (χ0) is 13.0. The van der Waals surface area contributed by atoms with Crippen molar-refractivity contribution in [2.75, 3.05) is 0 Å². The molecule has 4 heteroatoms. The van der Waals surface area contributed by atoms with Crippen molar-refractivity contribution < 1.29 is 13.5 Å². The Morgan fingerprint density at radius 1 is 0.889 bits per heavy atom. The summed E-state index contributed by atoms with van der Waals surface area (Å²) in [5, 5.41) is 0. The highest BCUT2D eigenvalue weighted by atomic mass is 35.5. The SMILES string of the molecule is Fc1ccccc1COc1c(F)cccc1CCl. The molecule has 0 aromatic heterocycles. The molecular weight excluding hydrogens is 258 g/mol. The summed E-state index contributed by atoms with van der Waals surface area (Å²) in [5.74, 6) is -0.647. The van der Waals surface area contributed by atoms with Gasteiger partial charge < -0.3 is 4.74 Å². The molecule has 0 heterocycles. The van der Waals surface area contributed by atoms with E-state index < -0.39 is 5.82 Å². The summed E-state index contributed by atoms with van der Waals surface area (Å²) in [7, 11) is 0. The van der Waals surface area contributed by atoms with Crippen molar-refractivity contribution in [3.8, 4) is 5.75 Å². The summed E-state index contributed by atoms with van der Waals surface area (Å²) in [6.45, 7) is -0.0303. The molecule has 0 amide bonds. The number of halogens is 3. The summed E-state index contributed by atoms with van der Waals surface area (Å²) >= 11 is 5.70. The van der Waals surface area contributed by atoms with Crippen molar-refractivity contribution in [1.82, 2.24) is 0 Å². The van der Waals surface area contributed by atoms with Crippen molar-refractivity contribution >= 4 is 11.6 Å². The topological polar surface area (TPSA) is 9.23 Å². The first-order chi connectivity index (χ1) is 8.72. The predicted octanol–water partition coefficient (Wildman–Crippen LogP) is 4.28. The van der Waals surface area contributed by atoms with Gasteiger partial charge >= 0.3 is 0 Å². The van der Waals surface area contributed by atoms with E-state index in [0.29, 0.717) is 11.1 Å². The molecule has 94 valence electrons. The third-order valence-corrected chi connectivity index (χ3v) is 2.81. The van der Waals surface area contributed by atoms with E-state index >= 15 is 0 Å². The van der Waals surface area contributed by atoms with Gasteiger partial charge in [0.2, 0.25) is 0 Å². The molecule has 0 bridgehead atoms. The molecule has 0 saturated carbocycles. The molecule has 0 N–H and O–H groups in total. The van der Waals surface area contributed by atoms with Crippen LogP contribution in [0.2, 0.25) is 0 Å². The average molecular weight is 269 g/mol. The Labute approximate surface area is 109 Å². The van der Waals surface area contributed by atoms with E-state index in [1.54, 1.807) is 30.3 Å². The van der Waals surface area contributed by atoms with Gasteiger partial charge in [-0.05, 0) is 12.1 Å². The van der Waals surface area contributed by atoms with Gasteiger partial charge in [0.05, 0.1) is 5.88 Å². The molecule has 2 aromatic rings. The zero-order valence-electron chi connectivity index (χ0n) is 9.50.